The fraction of sp³-hybridized carbons (Fsp3) is 0.538. The fourth-order valence-corrected chi connectivity index (χ4v) is 1.69. The number of hydrogen-bond acceptors (Lipinski definition) is 4. The van der Waals surface area contributed by atoms with Crippen molar-refractivity contribution in [2.75, 3.05) is 6.54 Å². The Morgan fingerprint density at radius 1 is 1.11 bits per heavy atom. The molecule has 19 heavy (non-hydrogen) atoms. The van der Waals surface area contributed by atoms with Crippen molar-refractivity contribution in [3.8, 4) is 0 Å². The van der Waals surface area contributed by atoms with Gasteiger partial charge < -0.3 is 10.0 Å². The summed E-state index contributed by atoms with van der Waals surface area (Å²) in [4.78, 5) is 33.0. The van der Waals surface area contributed by atoms with Gasteiger partial charge in [0, 0.05) is 6.04 Å². The molecule has 6 heteroatoms. The lowest BCUT2D eigenvalue weighted by Gasteiger charge is -2.25. The number of aliphatic carboxylic acids is 1. The fourth-order valence-electron chi connectivity index (χ4n) is 1.69. The Bertz CT molecular complexity index is 512. The molecule has 0 radical (unpaired) electrons. The lowest BCUT2D eigenvalue weighted by atomic mass is 10.2. The Kier molecular flexibility index (Phi) is 4.58. The average Bonchev–Trinajstić information content (AvgIpc) is 2.29. The van der Waals surface area contributed by atoms with E-state index < -0.39 is 11.9 Å². The number of carbonyl (C=O) groups is 2. The first-order valence-electron chi connectivity index (χ1n) is 6.08. The molecule has 0 fully saturated rings. The molecule has 0 bridgehead atoms. The van der Waals surface area contributed by atoms with Gasteiger partial charge in [0.1, 0.15) is 12.2 Å². The topological polar surface area (TPSA) is 83.4 Å². The van der Waals surface area contributed by atoms with Crippen LogP contribution in [0.2, 0.25) is 0 Å². The van der Waals surface area contributed by atoms with Crippen LogP contribution in [0.3, 0.4) is 0 Å². The van der Waals surface area contributed by atoms with Gasteiger partial charge in [-0.1, -0.05) is 0 Å². The van der Waals surface area contributed by atoms with Gasteiger partial charge in [-0.25, -0.2) is 4.98 Å². The van der Waals surface area contributed by atoms with Crippen molar-refractivity contribution in [2.45, 2.75) is 40.7 Å². The molecule has 0 saturated heterocycles. The zero-order valence-corrected chi connectivity index (χ0v) is 11.9. The number of carbonyl (C=O) groups excluding carboxylic acids is 1. The summed E-state index contributed by atoms with van der Waals surface area (Å²) in [5.41, 5.74) is 2.18. The van der Waals surface area contributed by atoms with E-state index in [0.717, 1.165) is 5.69 Å². The first-order chi connectivity index (χ1) is 8.73. The lowest BCUT2D eigenvalue weighted by Crippen LogP contribution is -2.41. The number of aromatic nitrogens is 2. The molecule has 0 saturated carbocycles. The van der Waals surface area contributed by atoms with E-state index in [-0.39, 0.29) is 18.3 Å². The van der Waals surface area contributed by atoms with Crippen molar-refractivity contribution >= 4 is 11.9 Å². The maximum Gasteiger partial charge on any atom is 0.323 e. The highest BCUT2D eigenvalue weighted by molar-refractivity contribution is 5.95. The summed E-state index contributed by atoms with van der Waals surface area (Å²) in [6, 6.07) is -0.216. The molecule has 0 unspecified atom stereocenters. The summed E-state index contributed by atoms with van der Waals surface area (Å²) in [5.74, 6) is -1.44. The predicted molar refractivity (Wildman–Crippen MR) is 70.1 cm³/mol. The number of carboxylic acids is 1. The molecule has 1 rings (SSSR count). The third kappa shape index (κ3) is 3.49. The Morgan fingerprint density at radius 2 is 1.63 bits per heavy atom. The van der Waals surface area contributed by atoms with Crippen LogP contribution < -0.4 is 0 Å². The monoisotopic (exact) mass is 265 g/mol. The van der Waals surface area contributed by atoms with E-state index in [2.05, 4.69) is 9.97 Å². The predicted octanol–water partition coefficient (Wildman–Crippen LogP) is 1.34. The van der Waals surface area contributed by atoms with E-state index in [0.29, 0.717) is 11.4 Å². The van der Waals surface area contributed by atoms with Gasteiger partial charge in [0.2, 0.25) is 0 Å². The summed E-state index contributed by atoms with van der Waals surface area (Å²) >= 11 is 0. The summed E-state index contributed by atoms with van der Waals surface area (Å²) in [5, 5.41) is 8.87. The van der Waals surface area contributed by atoms with Gasteiger partial charge in [-0.2, -0.15) is 0 Å². The van der Waals surface area contributed by atoms with Crippen LogP contribution in [0.25, 0.3) is 0 Å². The van der Waals surface area contributed by atoms with Gasteiger partial charge in [0.15, 0.2) is 0 Å². The van der Waals surface area contributed by atoms with Crippen LogP contribution in [0, 0.1) is 20.8 Å². The first kappa shape index (κ1) is 15.1. The maximum absolute atomic E-state index is 12.4. The van der Waals surface area contributed by atoms with E-state index in [1.54, 1.807) is 27.7 Å². The second-order valence-corrected chi connectivity index (χ2v) is 4.75. The highest BCUT2D eigenvalue weighted by atomic mass is 16.4. The van der Waals surface area contributed by atoms with Crippen LogP contribution in [0.4, 0.5) is 0 Å². The van der Waals surface area contributed by atoms with Crippen molar-refractivity contribution in [2.24, 2.45) is 0 Å². The lowest BCUT2D eigenvalue weighted by molar-refractivity contribution is -0.138. The summed E-state index contributed by atoms with van der Waals surface area (Å²) in [6.07, 6.45) is 0. The highest BCUT2D eigenvalue weighted by Gasteiger charge is 2.24. The third-order valence-corrected chi connectivity index (χ3v) is 2.87. The SMILES string of the molecule is Cc1nc(C)c(C(=O)N(CC(=O)O)C(C)C)nc1C. The van der Waals surface area contributed by atoms with Crippen LogP contribution in [0.15, 0.2) is 0 Å². The van der Waals surface area contributed by atoms with E-state index in [1.807, 2.05) is 6.92 Å². The molecule has 1 amide bonds. The molecule has 0 aliphatic rings. The van der Waals surface area contributed by atoms with Crippen LogP contribution >= 0.6 is 0 Å². The number of nitrogens with zero attached hydrogens (tertiary/aromatic N) is 3. The van der Waals surface area contributed by atoms with Crippen LogP contribution in [0.1, 0.15) is 41.4 Å². The minimum Gasteiger partial charge on any atom is -0.480 e. The number of hydrogen-bond donors (Lipinski definition) is 1. The number of aryl methyl sites for hydroxylation is 3. The minimum atomic E-state index is -1.04. The second kappa shape index (κ2) is 5.77. The number of rotatable bonds is 4. The molecule has 6 nitrogen and oxygen atoms in total. The smallest absolute Gasteiger partial charge is 0.323 e. The van der Waals surface area contributed by atoms with Crippen molar-refractivity contribution < 1.29 is 14.7 Å². The molecule has 1 aromatic rings. The molecule has 1 aromatic heterocycles. The Hall–Kier alpha value is -1.98. The van der Waals surface area contributed by atoms with Gasteiger partial charge in [0.25, 0.3) is 5.91 Å². The molecular formula is C13H19N3O3. The zero-order chi connectivity index (χ0) is 14.7. The van der Waals surface area contributed by atoms with Crippen LogP contribution in [-0.4, -0.2) is 44.4 Å². The van der Waals surface area contributed by atoms with Gasteiger partial charge in [0.05, 0.1) is 17.1 Å². The summed E-state index contributed by atoms with van der Waals surface area (Å²) < 4.78 is 0. The Balaban J connectivity index is 3.16. The van der Waals surface area contributed by atoms with Gasteiger partial charge in [-0.05, 0) is 34.6 Å². The van der Waals surface area contributed by atoms with Crippen molar-refractivity contribution in [1.29, 1.82) is 0 Å². The second-order valence-electron chi connectivity index (χ2n) is 4.75. The van der Waals surface area contributed by atoms with Crippen molar-refractivity contribution in [3.63, 3.8) is 0 Å². The van der Waals surface area contributed by atoms with E-state index >= 15 is 0 Å². The van der Waals surface area contributed by atoms with Gasteiger partial charge in [-0.15, -0.1) is 0 Å². The van der Waals surface area contributed by atoms with Crippen LogP contribution in [0.5, 0.6) is 0 Å². The number of carboxylic acid groups (broad SMARTS) is 1. The largest absolute Gasteiger partial charge is 0.480 e. The Labute approximate surface area is 112 Å². The van der Waals surface area contributed by atoms with E-state index in [4.69, 9.17) is 5.11 Å². The maximum atomic E-state index is 12.4. The van der Waals surface area contributed by atoms with E-state index in [9.17, 15) is 9.59 Å². The van der Waals surface area contributed by atoms with Crippen LogP contribution in [-0.2, 0) is 4.79 Å². The number of amides is 1. The molecular weight excluding hydrogens is 246 g/mol. The molecule has 0 aliphatic carbocycles. The molecule has 1 heterocycles. The first-order valence-corrected chi connectivity index (χ1v) is 6.08. The van der Waals surface area contributed by atoms with E-state index in [1.165, 1.54) is 4.90 Å². The third-order valence-electron chi connectivity index (χ3n) is 2.87. The quantitative estimate of drug-likeness (QED) is 0.888. The van der Waals surface area contributed by atoms with Gasteiger partial charge >= 0.3 is 5.97 Å². The van der Waals surface area contributed by atoms with Gasteiger partial charge in [-0.3, -0.25) is 14.6 Å². The highest BCUT2D eigenvalue weighted by Crippen LogP contribution is 2.12. The van der Waals surface area contributed by atoms with Crippen molar-refractivity contribution in [1.82, 2.24) is 14.9 Å². The molecule has 104 valence electrons. The average molecular weight is 265 g/mol. The van der Waals surface area contributed by atoms with Crippen molar-refractivity contribution in [3.05, 3.63) is 22.8 Å². The Morgan fingerprint density at radius 3 is 2.11 bits per heavy atom. The zero-order valence-electron chi connectivity index (χ0n) is 11.9. The standard InChI is InChI=1S/C13H19N3O3/c1-7(2)16(6-11(17)18)13(19)12-10(5)14-8(3)9(4)15-12/h7H,6H2,1-5H3,(H,17,18). The summed E-state index contributed by atoms with van der Waals surface area (Å²) in [6.45, 7) is 8.49. The minimum absolute atomic E-state index is 0.216. The molecule has 0 spiro atoms. The molecule has 0 aromatic carbocycles. The normalized spacial score (nSPS) is 10.6. The molecule has 1 N–H and O–H groups in total. The molecule has 0 atom stereocenters. The summed E-state index contributed by atoms with van der Waals surface area (Å²) in [7, 11) is 0. The molecule has 0 aliphatic heterocycles.